The Morgan fingerprint density at radius 2 is 0.902 bits per heavy atom. The lowest BCUT2D eigenvalue weighted by molar-refractivity contribution is -0.122. The molecule has 2 atom stereocenters. The van der Waals surface area contributed by atoms with Gasteiger partial charge in [-0.25, -0.2) is 0 Å². The molecule has 214 valence electrons. The number of Topliss-reactive ketones (excluding diaryl/α,β-unsaturated/α-hetero) is 3. The number of ketones is 3. The molecule has 0 bridgehead atoms. The summed E-state index contributed by atoms with van der Waals surface area (Å²) in [6, 6.07) is 13.6. The molecule has 0 radical (unpaired) electrons. The van der Waals surface area contributed by atoms with Crippen LogP contribution in [0.25, 0.3) is 0 Å². The van der Waals surface area contributed by atoms with Gasteiger partial charge in [-0.1, -0.05) is 24.3 Å². The van der Waals surface area contributed by atoms with Crippen LogP contribution >= 0.6 is 0 Å². The molecule has 0 heterocycles. The highest BCUT2D eigenvalue weighted by molar-refractivity contribution is 6.31. The second-order valence-electron chi connectivity index (χ2n) is 10.0. The number of hydrogen-bond donors (Lipinski definition) is 0. The van der Waals surface area contributed by atoms with Gasteiger partial charge in [0.1, 0.15) is 11.2 Å². The highest BCUT2D eigenvalue weighted by Crippen LogP contribution is 2.62. The lowest BCUT2D eigenvalue weighted by atomic mass is 9.54. The molecule has 0 saturated heterocycles. The number of fused-ring (bicyclic) bond motifs is 1. The van der Waals surface area contributed by atoms with E-state index in [4.69, 9.17) is 28.4 Å². The van der Waals surface area contributed by atoms with Crippen LogP contribution in [-0.4, -0.2) is 60.0 Å². The van der Waals surface area contributed by atoms with Crippen LogP contribution in [0.1, 0.15) is 56.5 Å². The van der Waals surface area contributed by atoms with Gasteiger partial charge in [0.05, 0.1) is 42.7 Å². The Balaban J connectivity index is 1.83. The lowest BCUT2D eigenvalue weighted by Crippen LogP contribution is -2.49. The summed E-state index contributed by atoms with van der Waals surface area (Å²) in [5, 5.41) is 0. The summed E-state index contributed by atoms with van der Waals surface area (Å²) >= 11 is 0. The smallest absolute Gasteiger partial charge is 0.203 e. The van der Waals surface area contributed by atoms with E-state index in [1.807, 2.05) is 0 Å². The van der Waals surface area contributed by atoms with Crippen molar-refractivity contribution in [3.05, 3.63) is 70.8 Å². The maximum atomic E-state index is 14.6. The molecular formula is C32H32O9. The van der Waals surface area contributed by atoms with Crippen molar-refractivity contribution in [3.63, 3.8) is 0 Å². The number of rotatable bonds is 8. The van der Waals surface area contributed by atoms with E-state index >= 15 is 0 Å². The van der Waals surface area contributed by atoms with Gasteiger partial charge in [0, 0.05) is 35.8 Å². The highest BCUT2D eigenvalue weighted by atomic mass is 16.5. The first kappa shape index (κ1) is 28.0. The van der Waals surface area contributed by atoms with E-state index in [0.717, 1.165) is 0 Å². The summed E-state index contributed by atoms with van der Waals surface area (Å²) < 4.78 is 33.4. The third-order valence-electron chi connectivity index (χ3n) is 8.31. The van der Waals surface area contributed by atoms with E-state index in [2.05, 4.69) is 0 Å². The standard InChI is InChI=1S/C32H32O9/c1-36-24-11-17(12-25(37-2)28(24)40-5)22-15-19(33)16-23(18-13-26(38-3)29(41-6)27(14-18)39-4)32(22)30(34)20-9-7-8-10-21(20)31(32)35/h7-14,22-23H,15-16H2,1-6H3/t22-,23-/m1/s1. The van der Waals surface area contributed by atoms with Gasteiger partial charge in [0.15, 0.2) is 34.6 Å². The SMILES string of the molecule is COc1cc([C@H]2CC(=O)C[C@H](c3cc(OC)c(OC)c(OC)c3)C23C(=O)c2ccccc2C3=O)cc(OC)c1OC. The van der Waals surface area contributed by atoms with Crippen molar-refractivity contribution >= 4 is 17.3 Å². The Bertz CT molecular complexity index is 1380. The topological polar surface area (TPSA) is 107 Å². The quantitative estimate of drug-likeness (QED) is 0.351. The molecule has 3 aromatic carbocycles. The van der Waals surface area contributed by atoms with Crippen molar-refractivity contribution in [2.24, 2.45) is 5.41 Å². The van der Waals surface area contributed by atoms with Crippen LogP contribution in [0.15, 0.2) is 48.5 Å². The molecule has 0 unspecified atom stereocenters. The zero-order valence-electron chi connectivity index (χ0n) is 23.9. The summed E-state index contributed by atoms with van der Waals surface area (Å²) in [6.07, 6.45) is -0.0456. The van der Waals surface area contributed by atoms with E-state index in [1.54, 1.807) is 48.5 Å². The third kappa shape index (κ3) is 4.10. The molecule has 9 heteroatoms. The van der Waals surface area contributed by atoms with Crippen molar-refractivity contribution in [2.45, 2.75) is 24.7 Å². The van der Waals surface area contributed by atoms with Gasteiger partial charge in [0.2, 0.25) is 11.5 Å². The summed E-state index contributed by atoms with van der Waals surface area (Å²) in [7, 11) is 8.94. The first-order chi connectivity index (χ1) is 19.8. The average Bonchev–Trinajstić information content (AvgIpc) is 3.22. The maximum Gasteiger partial charge on any atom is 0.203 e. The van der Waals surface area contributed by atoms with Gasteiger partial charge in [-0.15, -0.1) is 0 Å². The Kier molecular flexibility index (Phi) is 7.38. The normalized spacial score (nSPS) is 19.1. The average molecular weight is 561 g/mol. The molecule has 9 nitrogen and oxygen atoms in total. The van der Waals surface area contributed by atoms with Crippen LogP contribution in [0.2, 0.25) is 0 Å². The van der Waals surface area contributed by atoms with Crippen LogP contribution in [0.5, 0.6) is 34.5 Å². The fourth-order valence-corrected chi connectivity index (χ4v) is 6.53. The van der Waals surface area contributed by atoms with Crippen molar-refractivity contribution < 1.29 is 42.8 Å². The zero-order valence-corrected chi connectivity index (χ0v) is 23.9. The molecule has 2 aliphatic carbocycles. The van der Waals surface area contributed by atoms with E-state index < -0.39 is 17.3 Å². The molecule has 0 aromatic heterocycles. The first-order valence-electron chi connectivity index (χ1n) is 13.1. The Labute approximate surface area is 238 Å². The van der Waals surface area contributed by atoms with E-state index in [-0.39, 0.29) is 30.2 Å². The van der Waals surface area contributed by atoms with Gasteiger partial charge >= 0.3 is 0 Å². The van der Waals surface area contributed by atoms with Crippen LogP contribution in [0, 0.1) is 5.41 Å². The molecule has 5 rings (SSSR count). The third-order valence-corrected chi connectivity index (χ3v) is 8.31. The van der Waals surface area contributed by atoms with Crippen LogP contribution in [-0.2, 0) is 4.79 Å². The lowest BCUT2D eigenvalue weighted by Gasteiger charge is -2.45. The Morgan fingerprint density at radius 1 is 0.561 bits per heavy atom. The Morgan fingerprint density at radius 3 is 1.20 bits per heavy atom. The van der Waals surface area contributed by atoms with Crippen LogP contribution in [0.4, 0.5) is 0 Å². The summed E-state index contributed by atoms with van der Waals surface area (Å²) in [6.45, 7) is 0. The van der Waals surface area contributed by atoms with Crippen LogP contribution in [0.3, 0.4) is 0 Å². The number of ether oxygens (including phenoxy) is 6. The minimum Gasteiger partial charge on any atom is -0.493 e. The molecule has 1 fully saturated rings. The van der Waals surface area contributed by atoms with Gasteiger partial charge in [-0.2, -0.15) is 0 Å². The summed E-state index contributed by atoms with van der Waals surface area (Å²) in [5.41, 5.74) is 0.148. The zero-order chi connectivity index (χ0) is 29.5. The number of carbonyl (C=O) groups excluding carboxylic acids is 3. The minimum absolute atomic E-state index is 0.0228. The largest absolute Gasteiger partial charge is 0.493 e. The molecule has 1 saturated carbocycles. The number of hydrogen-bond acceptors (Lipinski definition) is 9. The molecule has 0 amide bonds. The fraction of sp³-hybridized carbons (Fsp3) is 0.344. The molecule has 1 spiro atoms. The fourth-order valence-electron chi connectivity index (χ4n) is 6.53. The summed E-state index contributed by atoms with van der Waals surface area (Å²) in [4.78, 5) is 42.8. The second kappa shape index (κ2) is 10.8. The molecule has 3 aromatic rings. The minimum atomic E-state index is -1.63. The van der Waals surface area contributed by atoms with Crippen molar-refractivity contribution in [3.8, 4) is 34.5 Å². The summed E-state index contributed by atoms with van der Waals surface area (Å²) in [5.74, 6) is -0.250. The van der Waals surface area contributed by atoms with Gasteiger partial charge in [-0.3, -0.25) is 14.4 Å². The predicted octanol–water partition coefficient (Wildman–Crippen LogP) is 5.03. The molecule has 0 N–H and O–H groups in total. The Hall–Kier alpha value is -4.53. The molecule has 41 heavy (non-hydrogen) atoms. The van der Waals surface area contributed by atoms with Gasteiger partial charge < -0.3 is 28.4 Å². The second-order valence-corrected chi connectivity index (χ2v) is 10.0. The molecule has 0 aliphatic heterocycles. The number of benzene rings is 3. The van der Waals surface area contributed by atoms with Gasteiger partial charge in [-0.05, 0) is 35.4 Å². The highest BCUT2D eigenvalue weighted by Gasteiger charge is 2.64. The van der Waals surface area contributed by atoms with E-state index in [0.29, 0.717) is 56.8 Å². The van der Waals surface area contributed by atoms with E-state index in [9.17, 15) is 14.4 Å². The number of carbonyl (C=O) groups is 3. The van der Waals surface area contributed by atoms with Crippen molar-refractivity contribution in [1.82, 2.24) is 0 Å². The van der Waals surface area contributed by atoms with Crippen LogP contribution < -0.4 is 28.4 Å². The van der Waals surface area contributed by atoms with E-state index in [1.165, 1.54) is 42.7 Å². The van der Waals surface area contributed by atoms with Gasteiger partial charge in [0.25, 0.3) is 0 Å². The predicted molar refractivity (Wildman–Crippen MR) is 149 cm³/mol. The van der Waals surface area contributed by atoms with Crippen molar-refractivity contribution in [2.75, 3.05) is 42.7 Å². The molecule has 2 aliphatic rings. The number of methoxy groups -OCH3 is 6. The molecular weight excluding hydrogens is 528 g/mol. The maximum absolute atomic E-state index is 14.6. The van der Waals surface area contributed by atoms with Crippen molar-refractivity contribution in [1.29, 1.82) is 0 Å². The first-order valence-corrected chi connectivity index (χ1v) is 13.1. The monoisotopic (exact) mass is 560 g/mol.